The molecule has 7 nitrogen and oxygen atoms in total. The van der Waals surface area contributed by atoms with E-state index < -0.39 is 22.9 Å². The third-order valence-corrected chi connectivity index (χ3v) is 5.58. The van der Waals surface area contributed by atoms with Crippen LogP contribution in [-0.2, 0) is 0 Å². The fourth-order valence-corrected chi connectivity index (χ4v) is 3.97. The maximum absolute atomic E-state index is 15.2. The predicted molar refractivity (Wildman–Crippen MR) is 122 cm³/mol. The Morgan fingerprint density at radius 3 is 2.56 bits per heavy atom. The second-order valence-corrected chi connectivity index (χ2v) is 7.47. The van der Waals surface area contributed by atoms with Crippen LogP contribution < -0.4 is 16.0 Å². The molecule has 0 aliphatic heterocycles. The van der Waals surface area contributed by atoms with Gasteiger partial charge in [0.2, 0.25) is 0 Å². The highest BCUT2D eigenvalue weighted by molar-refractivity contribution is 5.90. The van der Waals surface area contributed by atoms with Crippen LogP contribution in [-0.4, -0.2) is 21.6 Å². The molecule has 2 heterocycles. The van der Waals surface area contributed by atoms with Crippen LogP contribution >= 0.6 is 0 Å². The number of halogens is 2. The van der Waals surface area contributed by atoms with Gasteiger partial charge in [-0.15, -0.1) is 0 Å². The van der Waals surface area contributed by atoms with Crippen molar-refractivity contribution < 1.29 is 13.5 Å². The number of nitrogens with zero attached hydrogens (tertiary/aromatic N) is 3. The highest BCUT2D eigenvalue weighted by Crippen LogP contribution is 2.33. The highest BCUT2D eigenvalue weighted by atomic mass is 19.1. The van der Waals surface area contributed by atoms with E-state index in [0.717, 1.165) is 22.1 Å². The summed E-state index contributed by atoms with van der Waals surface area (Å²) in [5, 5.41) is 10.7. The molecular weight excluding hydrogens is 442 g/mol. The van der Waals surface area contributed by atoms with Crippen LogP contribution in [0.5, 0.6) is 5.75 Å². The SMILES string of the molecule is COc1cc(-c2cc3[nH]c(=O)n(-c4cncc5ccccc45)c(=O)c3cc2F)c(C#N)cc1F. The van der Waals surface area contributed by atoms with E-state index >= 15 is 4.39 Å². The Morgan fingerprint density at radius 1 is 1.00 bits per heavy atom. The molecule has 0 radical (unpaired) electrons. The molecule has 0 unspecified atom stereocenters. The number of nitriles is 1. The summed E-state index contributed by atoms with van der Waals surface area (Å²) in [5.41, 5.74) is -1.33. The molecule has 0 fully saturated rings. The zero-order chi connectivity index (χ0) is 24.0. The summed E-state index contributed by atoms with van der Waals surface area (Å²) in [6.45, 7) is 0. The van der Waals surface area contributed by atoms with Gasteiger partial charge in [0.05, 0.1) is 41.5 Å². The molecule has 0 aliphatic carbocycles. The Morgan fingerprint density at radius 2 is 1.79 bits per heavy atom. The van der Waals surface area contributed by atoms with Crippen LogP contribution in [0.4, 0.5) is 8.78 Å². The fourth-order valence-electron chi connectivity index (χ4n) is 3.97. The van der Waals surface area contributed by atoms with Gasteiger partial charge in [0.1, 0.15) is 5.82 Å². The van der Waals surface area contributed by atoms with Gasteiger partial charge in [-0.05, 0) is 24.3 Å². The number of nitrogens with one attached hydrogen (secondary N) is 1. The van der Waals surface area contributed by atoms with Crippen LogP contribution in [0.3, 0.4) is 0 Å². The number of fused-ring (bicyclic) bond motifs is 2. The first kappa shape index (κ1) is 21.0. The Bertz CT molecular complexity index is 1780. The fraction of sp³-hybridized carbons (Fsp3) is 0.0400. The zero-order valence-electron chi connectivity index (χ0n) is 17.6. The van der Waals surface area contributed by atoms with Gasteiger partial charge in [-0.25, -0.2) is 18.1 Å². The Balaban J connectivity index is 1.79. The minimum absolute atomic E-state index is 0.0584. The number of aromatic amines is 1. The second-order valence-electron chi connectivity index (χ2n) is 7.47. The van der Waals surface area contributed by atoms with E-state index in [9.17, 15) is 19.2 Å². The van der Waals surface area contributed by atoms with Crippen LogP contribution in [0.25, 0.3) is 38.5 Å². The van der Waals surface area contributed by atoms with Gasteiger partial charge < -0.3 is 9.72 Å². The lowest BCUT2D eigenvalue weighted by Crippen LogP contribution is -2.34. The number of ether oxygens (including phenoxy) is 1. The standard InChI is InChI=1S/C25H14F2N4O3/c1-34-23-9-16(14(10-28)6-20(23)27)17-8-21-18(7-19(17)26)24(32)31(25(33)30-21)22-12-29-11-13-4-2-3-5-15(13)22/h2-9,11-12H,1H3,(H,30,33). The van der Waals surface area contributed by atoms with Gasteiger partial charge >= 0.3 is 5.69 Å². The minimum atomic E-state index is -0.829. The van der Waals surface area contributed by atoms with Crippen molar-refractivity contribution in [2.45, 2.75) is 0 Å². The van der Waals surface area contributed by atoms with Crippen molar-refractivity contribution in [2.24, 2.45) is 0 Å². The van der Waals surface area contributed by atoms with Crippen molar-refractivity contribution in [3.05, 3.63) is 99.0 Å². The van der Waals surface area contributed by atoms with Crippen molar-refractivity contribution >= 4 is 21.7 Å². The average molecular weight is 456 g/mol. The van der Waals surface area contributed by atoms with E-state index in [0.29, 0.717) is 5.39 Å². The van der Waals surface area contributed by atoms with Crippen LogP contribution in [0, 0.1) is 23.0 Å². The number of benzene rings is 3. The van der Waals surface area contributed by atoms with Gasteiger partial charge in [0, 0.05) is 28.1 Å². The number of hydrogen-bond donors (Lipinski definition) is 1. The molecule has 0 amide bonds. The molecule has 0 saturated carbocycles. The molecule has 0 aliphatic rings. The van der Waals surface area contributed by atoms with E-state index in [1.54, 1.807) is 30.5 Å². The monoisotopic (exact) mass is 456 g/mol. The van der Waals surface area contributed by atoms with Crippen molar-refractivity contribution in [2.75, 3.05) is 7.11 Å². The summed E-state index contributed by atoms with van der Waals surface area (Å²) in [5.74, 6) is -1.78. The molecule has 1 N–H and O–H groups in total. The van der Waals surface area contributed by atoms with Gasteiger partial charge in [-0.1, -0.05) is 24.3 Å². The molecule has 0 atom stereocenters. The molecule has 166 valence electrons. The summed E-state index contributed by atoms with van der Waals surface area (Å²) in [6, 6.07) is 13.3. The normalized spacial score (nSPS) is 11.0. The zero-order valence-corrected chi connectivity index (χ0v) is 17.6. The molecule has 2 aromatic heterocycles. The first-order valence-electron chi connectivity index (χ1n) is 10.0. The third-order valence-electron chi connectivity index (χ3n) is 5.58. The predicted octanol–water partition coefficient (Wildman–Crippen LogP) is 4.05. The lowest BCUT2D eigenvalue weighted by atomic mass is 9.98. The van der Waals surface area contributed by atoms with E-state index in [1.165, 1.54) is 25.4 Å². The van der Waals surface area contributed by atoms with E-state index in [1.807, 2.05) is 6.07 Å². The molecule has 3 aromatic carbocycles. The molecule has 0 saturated heterocycles. The maximum Gasteiger partial charge on any atom is 0.333 e. The largest absolute Gasteiger partial charge is 0.494 e. The number of H-pyrrole nitrogens is 1. The number of pyridine rings is 1. The molecular formula is C25H14F2N4O3. The summed E-state index contributed by atoms with van der Waals surface area (Å²) >= 11 is 0. The second kappa shape index (κ2) is 7.94. The van der Waals surface area contributed by atoms with Crippen LogP contribution in [0.15, 0.2) is 70.5 Å². The van der Waals surface area contributed by atoms with Crippen LogP contribution in [0.1, 0.15) is 5.56 Å². The van der Waals surface area contributed by atoms with E-state index in [-0.39, 0.29) is 39.0 Å². The summed E-state index contributed by atoms with van der Waals surface area (Å²) < 4.78 is 35.1. The van der Waals surface area contributed by atoms with Gasteiger partial charge in [0.15, 0.2) is 11.6 Å². The topological polar surface area (TPSA) is 101 Å². The summed E-state index contributed by atoms with van der Waals surface area (Å²) in [6.07, 6.45) is 2.99. The first-order chi connectivity index (χ1) is 16.4. The summed E-state index contributed by atoms with van der Waals surface area (Å²) in [7, 11) is 1.24. The van der Waals surface area contributed by atoms with Crippen LogP contribution in [0.2, 0.25) is 0 Å². The average Bonchev–Trinajstić information content (AvgIpc) is 2.84. The highest BCUT2D eigenvalue weighted by Gasteiger charge is 2.19. The van der Waals surface area contributed by atoms with E-state index in [4.69, 9.17) is 4.74 Å². The quantitative estimate of drug-likeness (QED) is 0.441. The molecule has 5 rings (SSSR count). The van der Waals surface area contributed by atoms with Crippen molar-refractivity contribution in [1.29, 1.82) is 5.26 Å². The number of aromatic nitrogens is 3. The van der Waals surface area contributed by atoms with Crippen molar-refractivity contribution in [1.82, 2.24) is 14.5 Å². The molecule has 0 bridgehead atoms. The van der Waals surface area contributed by atoms with Crippen molar-refractivity contribution in [3.63, 3.8) is 0 Å². The molecule has 9 heteroatoms. The smallest absolute Gasteiger partial charge is 0.333 e. The minimum Gasteiger partial charge on any atom is -0.494 e. The Hall–Kier alpha value is -4.84. The van der Waals surface area contributed by atoms with Crippen molar-refractivity contribution in [3.8, 4) is 28.6 Å². The summed E-state index contributed by atoms with van der Waals surface area (Å²) in [4.78, 5) is 33.0. The molecule has 34 heavy (non-hydrogen) atoms. The maximum atomic E-state index is 15.2. The first-order valence-corrected chi connectivity index (χ1v) is 10.0. The molecule has 0 spiro atoms. The lowest BCUT2D eigenvalue weighted by Gasteiger charge is -2.12. The molecule has 5 aromatic rings. The van der Waals surface area contributed by atoms with Gasteiger partial charge in [-0.3, -0.25) is 9.78 Å². The third kappa shape index (κ3) is 3.20. The Labute approximate surface area is 190 Å². The number of methoxy groups -OCH3 is 1. The van der Waals surface area contributed by atoms with Gasteiger partial charge in [0.25, 0.3) is 5.56 Å². The van der Waals surface area contributed by atoms with E-state index in [2.05, 4.69) is 9.97 Å². The van der Waals surface area contributed by atoms with Gasteiger partial charge in [-0.2, -0.15) is 5.26 Å². The number of hydrogen-bond acceptors (Lipinski definition) is 5. The Kier molecular flexibility index (Phi) is 4.91. The number of rotatable bonds is 3. The lowest BCUT2D eigenvalue weighted by molar-refractivity contribution is 0.386.